The van der Waals surface area contributed by atoms with Gasteiger partial charge in [0.25, 0.3) is 0 Å². The van der Waals surface area contributed by atoms with Crippen molar-refractivity contribution in [3.8, 4) is 0 Å². The quantitative estimate of drug-likeness (QED) is 0.506. The second kappa shape index (κ2) is 4.33. The van der Waals surface area contributed by atoms with Crippen molar-refractivity contribution < 1.29 is 19.1 Å². The Kier molecular flexibility index (Phi) is 3.34. The predicted octanol–water partition coefficient (Wildman–Crippen LogP) is 0.946. The second-order valence-electron chi connectivity index (χ2n) is 3.71. The van der Waals surface area contributed by atoms with Gasteiger partial charge in [-0.05, 0) is 13.8 Å². The van der Waals surface area contributed by atoms with Crippen LogP contribution in [0.2, 0.25) is 0 Å². The van der Waals surface area contributed by atoms with Crippen molar-refractivity contribution in [3.63, 3.8) is 0 Å². The molecule has 0 aliphatic carbocycles. The van der Waals surface area contributed by atoms with Gasteiger partial charge in [-0.3, -0.25) is 4.90 Å². The highest BCUT2D eigenvalue weighted by molar-refractivity contribution is 5.85. The van der Waals surface area contributed by atoms with E-state index in [1.807, 2.05) is 0 Å². The molecule has 1 aliphatic heterocycles. The van der Waals surface area contributed by atoms with Crippen LogP contribution in [0.5, 0.6) is 0 Å². The highest BCUT2D eigenvalue weighted by Gasteiger charge is 2.43. The molecule has 5 nitrogen and oxygen atoms in total. The maximum Gasteiger partial charge on any atom is 0.411 e. The van der Waals surface area contributed by atoms with Crippen LogP contribution in [-0.4, -0.2) is 42.3 Å². The lowest BCUT2D eigenvalue weighted by Gasteiger charge is -2.38. The standard InChI is InChI=1S/C10H15NO4/c1-4-6-15-9(13)11-5-7-14-8(12)10(11,2)3/h4H,1,5-7H2,2-3H3. The number of morpholine rings is 1. The summed E-state index contributed by atoms with van der Waals surface area (Å²) in [6.07, 6.45) is 0.962. The van der Waals surface area contributed by atoms with Gasteiger partial charge in [0.15, 0.2) is 0 Å². The third-order valence-electron chi connectivity index (χ3n) is 2.27. The van der Waals surface area contributed by atoms with Crippen molar-refractivity contribution in [1.29, 1.82) is 0 Å². The van der Waals surface area contributed by atoms with E-state index >= 15 is 0 Å². The first-order chi connectivity index (χ1) is 7.00. The molecule has 0 N–H and O–H groups in total. The van der Waals surface area contributed by atoms with Gasteiger partial charge in [-0.2, -0.15) is 0 Å². The fourth-order valence-corrected chi connectivity index (χ4v) is 1.32. The van der Waals surface area contributed by atoms with E-state index in [2.05, 4.69) is 6.58 Å². The van der Waals surface area contributed by atoms with Gasteiger partial charge in [0.05, 0.1) is 6.54 Å². The minimum atomic E-state index is -0.962. The molecule has 0 bridgehead atoms. The monoisotopic (exact) mass is 213 g/mol. The van der Waals surface area contributed by atoms with Crippen LogP contribution < -0.4 is 0 Å². The van der Waals surface area contributed by atoms with Gasteiger partial charge in [-0.25, -0.2) is 9.59 Å². The molecule has 5 heteroatoms. The van der Waals surface area contributed by atoms with Gasteiger partial charge in [0.2, 0.25) is 0 Å². The number of carbonyl (C=O) groups is 2. The topological polar surface area (TPSA) is 55.8 Å². The summed E-state index contributed by atoms with van der Waals surface area (Å²) in [6.45, 7) is 7.41. The first-order valence-electron chi connectivity index (χ1n) is 4.72. The van der Waals surface area contributed by atoms with E-state index in [-0.39, 0.29) is 13.2 Å². The predicted molar refractivity (Wildman–Crippen MR) is 53.3 cm³/mol. The summed E-state index contributed by atoms with van der Waals surface area (Å²) in [5, 5.41) is 0. The zero-order valence-electron chi connectivity index (χ0n) is 8.99. The molecule has 0 saturated carbocycles. The van der Waals surface area contributed by atoms with E-state index in [0.717, 1.165) is 0 Å². The van der Waals surface area contributed by atoms with Crippen molar-refractivity contribution in [2.24, 2.45) is 0 Å². The zero-order valence-corrected chi connectivity index (χ0v) is 8.99. The van der Waals surface area contributed by atoms with Crippen LogP contribution in [0.4, 0.5) is 4.79 Å². The van der Waals surface area contributed by atoms with E-state index in [0.29, 0.717) is 6.54 Å². The van der Waals surface area contributed by atoms with Gasteiger partial charge in [0, 0.05) is 0 Å². The number of esters is 1. The molecule has 0 spiro atoms. The number of cyclic esters (lactones) is 1. The van der Waals surface area contributed by atoms with Crippen molar-refractivity contribution >= 4 is 12.1 Å². The summed E-state index contributed by atoms with van der Waals surface area (Å²) in [5.74, 6) is -0.413. The number of hydrogen-bond donors (Lipinski definition) is 0. The molecule has 15 heavy (non-hydrogen) atoms. The van der Waals surface area contributed by atoms with Crippen molar-refractivity contribution in [3.05, 3.63) is 12.7 Å². The Balaban J connectivity index is 2.70. The zero-order chi connectivity index (χ0) is 11.5. The number of ether oxygens (including phenoxy) is 2. The molecule has 0 atom stereocenters. The molecule has 0 aromatic rings. The summed E-state index contributed by atoms with van der Waals surface area (Å²) in [5.41, 5.74) is -0.962. The molecule has 84 valence electrons. The van der Waals surface area contributed by atoms with E-state index in [4.69, 9.17) is 9.47 Å². The van der Waals surface area contributed by atoms with Crippen molar-refractivity contribution in [1.82, 2.24) is 4.90 Å². The van der Waals surface area contributed by atoms with Crippen LogP contribution in [-0.2, 0) is 14.3 Å². The number of carbonyl (C=O) groups excluding carboxylic acids is 2. The first kappa shape index (κ1) is 11.6. The Morgan fingerprint density at radius 3 is 3.00 bits per heavy atom. The van der Waals surface area contributed by atoms with E-state index in [1.54, 1.807) is 13.8 Å². The lowest BCUT2D eigenvalue weighted by atomic mass is 10.0. The number of nitrogens with zero attached hydrogens (tertiary/aromatic N) is 1. The molecule has 1 aliphatic rings. The molecular formula is C10H15NO4. The summed E-state index contributed by atoms with van der Waals surface area (Å²) in [6, 6.07) is 0. The smallest absolute Gasteiger partial charge is 0.411 e. The highest BCUT2D eigenvalue weighted by atomic mass is 16.6. The van der Waals surface area contributed by atoms with Gasteiger partial charge < -0.3 is 9.47 Å². The normalized spacial score (nSPS) is 19.3. The molecule has 0 aromatic heterocycles. The van der Waals surface area contributed by atoms with Crippen LogP contribution in [0.3, 0.4) is 0 Å². The Bertz CT molecular complexity index is 285. The number of hydrogen-bond acceptors (Lipinski definition) is 4. The average Bonchev–Trinajstić information content (AvgIpc) is 2.18. The van der Waals surface area contributed by atoms with Crippen LogP contribution in [0.25, 0.3) is 0 Å². The van der Waals surface area contributed by atoms with Gasteiger partial charge in [-0.1, -0.05) is 12.7 Å². The number of amides is 1. The molecule has 1 fully saturated rings. The maximum absolute atomic E-state index is 11.6. The summed E-state index contributed by atoms with van der Waals surface area (Å²) >= 11 is 0. The molecule has 0 aromatic carbocycles. The minimum absolute atomic E-state index is 0.139. The fourth-order valence-electron chi connectivity index (χ4n) is 1.32. The average molecular weight is 213 g/mol. The Morgan fingerprint density at radius 1 is 1.73 bits per heavy atom. The van der Waals surface area contributed by atoms with E-state index < -0.39 is 17.6 Å². The molecular weight excluding hydrogens is 198 g/mol. The van der Waals surface area contributed by atoms with Crippen molar-refractivity contribution in [2.45, 2.75) is 19.4 Å². The SMILES string of the molecule is C=CCOC(=O)N1CCOC(=O)C1(C)C. The minimum Gasteiger partial charge on any atom is -0.462 e. The van der Waals surface area contributed by atoms with Gasteiger partial charge in [-0.15, -0.1) is 0 Å². The summed E-state index contributed by atoms with van der Waals surface area (Å²) in [4.78, 5) is 24.3. The van der Waals surface area contributed by atoms with Crippen LogP contribution in [0, 0.1) is 0 Å². The third-order valence-corrected chi connectivity index (χ3v) is 2.27. The largest absolute Gasteiger partial charge is 0.462 e. The van der Waals surface area contributed by atoms with Crippen LogP contribution in [0.15, 0.2) is 12.7 Å². The Morgan fingerprint density at radius 2 is 2.40 bits per heavy atom. The molecule has 1 heterocycles. The van der Waals surface area contributed by atoms with Crippen LogP contribution in [0.1, 0.15) is 13.8 Å². The molecule has 1 rings (SSSR count). The Labute approximate surface area is 88.6 Å². The van der Waals surface area contributed by atoms with Gasteiger partial charge in [0.1, 0.15) is 18.8 Å². The summed E-state index contributed by atoms with van der Waals surface area (Å²) in [7, 11) is 0. The summed E-state index contributed by atoms with van der Waals surface area (Å²) < 4.78 is 9.75. The maximum atomic E-state index is 11.6. The fraction of sp³-hybridized carbons (Fsp3) is 0.600. The highest BCUT2D eigenvalue weighted by Crippen LogP contribution is 2.21. The molecule has 0 radical (unpaired) electrons. The molecule has 0 unspecified atom stereocenters. The second-order valence-corrected chi connectivity index (χ2v) is 3.71. The number of rotatable bonds is 2. The van der Waals surface area contributed by atoms with E-state index in [1.165, 1.54) is 11.0 Å². The van der Waals surface area contributed by atoms with E-state index in [9.17, 15) is 9.59 Å². The molecule has 1 amide bonds. The Hall–Kier alpha value is -1.52. The third kappa shape index (κ3) is 2.29. The molecule has 1 saturated heterocycles. The first-order valence-corrected chi connectivity index (χ1v) is 4.72. The lowest BCUT2D eigenvalue weighted by Crippen LogP contribution is -2.58. The van der Waals surface area contributed by atoms with Gasteiger partial charge >= 0.3 is 12.1 Å². The van der Waals surface area contributed by atoms with Crippen LogP contribution >= 0.6 is 0 Å². The van der Waals surface area contributed by atoms with Crippen molar-refractivity contribution in [2.75, 3.05) is 19.8 Å². The lowest BCUT2D eigenvalue weighted by molar-refractivity contribution is -0.163.